The third-order valence-electron chi connectivity index (χ3n) is 7.20. The molecule has 1 saturated carbocycles. The third kappa shape index (κ3) is 3.85. The lowest BCUT2D eigenvalue weighted by atomic mass is 9.90. The quantitative estimate of drug-likeness (QED) is 0.314. The summed E-state index contributed by atoms with van der Waals surface area (Å²) >= 11 is 0. The number of Topliss-reactive ketones (excluding diaryl/α,β-unsaturated/α-hetero) is 1. The number of hydrogen-bond acceptors (Lipinski definition) is 4. The average molecular weight is 455 g/mol. The molecule has 1 heterocycles. The van der Waals surface area contributed by atoms with Gasteiger partial charge in [0.1, 0.15) is 5.76 Å². The molecule has 0 aromatic heterocycles. The van der Waals surface area contributed by atoms with Crippen molar-refractivity contribution in [3.05, 3.63) is 83.4 Å². The molecule has 5 rings (SSSR count). The standard InChI is InChI=1S/C29H30N2O3/c1-30(2)23-16-14-20(15-17-23)26-25(28(33)29(34)31(26)24-10-4-3-5-11-24)27(32)22-13-12-19-8-6-7-9-21(19)18-22/h6-9,12-18,24,26,32H,3-5,10-11H2,1-2H3/b27-25-. The van der Waals surface area contributed by atoms with E-state index >= 15 is 0 Å². The maximum absolute atomic E-state index is 13.4. The van der Waals surface area contributed by atoms with E-state index in [0.717, 1.165) is 54.1 Å². The summed E-state index contributed by atoms with van der Waals surface area (Å²) in [7, 11) is 3.95. The number of aliphatic hydroxyl groups is 1. The van der Waals surface area contributed by atoms with Gasteiger partial charge in [-0.3, -0.25) is 9.59 Å². The number of rotatable bonds is 4. The fourth-order valence-corrected chi connectivity index (χ4v) is 5.36. The Morgan fingerprint density at radius 3 is 2.24 bits per heavy atom. The molecule has 0 bridgehead atoms. The van der Waals surface area contributed by atoms with Crippen LogP contribution >= 0.6 is 0 Å². The Balaban J connectivity index is 1.65. The number of ketones is 1. The lowest BCUT2D eigenvalue weighted by Crippen LogP contribution is -2.40. The van der Waals surface area contributed by atoms with Crippen LogP contribution in [0, 0.1) is 0 Å². The molecule has 1 atom stereocenters. The first-order valence-corrected chi connectivity index (χ1v) is 12.0. The number of carbonyl (C=O) groups excluding carboxylic acids is 2. The number of benzene rings is 3. The molecule has 2 fully saturated rings. The first-order valence-electron chi connectivity index (χ1n) is 12.0. The largest absolute Gasteiger partial charge is 0.507 e. The van der Waals surface area contributed by atoms with E-state index in [4.69, 9.17) is 0 Å². The summed E-state index contributed by atoms with van der Waals surface area (Å²) in [6.45, 7) is 0. The highest BCUT2D eigenvalue weighted by Crippen LogP contribution is 2.43. The lowest BCUT2D eigenvalue weighted by molar-refractivity contribution is -0.141. The predicted molar refractivity (Wildman–Crippen MR) is 136 cm³/mol. The van der Waals surface area contributed by atoms with Crippen molar-refractivity contribution in [2.24, 2.45) is 0 Å². The predicted octanol–water partition coefficient (Wildman–Crippen LogP) is 5.66. The van der Waals surface area contributed by atoms with Crippen molar-refractivity contribution in [2.45, 2.75) is 44.2 Å². The first-order chi connectivity index (χ1) is 16.5. The number of amides is 1. The molecule has 0 spiro atoms. The van der Waals surface area contributed by atoms with Crippen molar-refractivity contribution in [2.75, 3.05) is 19.0 Å². The van der Waals surface area contributed by atoms with Crippen molar-refractivity contribution in [3.8, 4) is 0 Å². The summed E-state index contributed by atoms with van der Waals surface area (Å²) in [5.41, 5.74) is 2.62. The first kappa shape index (κ1) is 22.2. The van der Waals surface area contributed by atoms with E-state index < -0.39 is 17.7 Å². The number of anilines is 1. The van der Waals surface area contributed by atoms with Crippen LogP contribution in [-0.4, -0.2) is 41.8 Å². The van der Waals surface area contributed by atoms with Gasteiger partial charge in [0.05, 0.1) is 11.6 Å². The summed E-state index contributed by atoms with van der Waals surface area (Å²) in [5, 5.41) is 13.5. The Hall–Kier alpha value is -3.60. The molecular formula is C29H30N2O3. The molecule has 5 heteroatoms. The van der Waals surface area contributed by atoms with Crippen molar-refractivity contribution in [1.29, 1.82) is 0 Å². The van der Waals surface area contributed by atoms with E-state index in [9.17, 15) is 14.7 Å². The van der Waals surface area contributed by atoms with Gasteiger partial charge in [-0.15, -0.1) is 0 Å². The van der Waals surface area contributed by atoms with Crippen LogP contribution in [0.5, 0.6) is 0 Å². The highest BCUT2D eigenvalue weighted by Gasteiger charge is 2.48. The summed E-state index contributed by atoms with van der Waals surface area (Å²) in [4.78, 5) is 30.5. The summed E-state index contributed by atoms with van der Waals surface area (Å²) < 4.78 is 0. The molecule has 1 aliphatic carbocycles. The normalized spacial score (nSPS) is 20.8. The second kappa shape index (κ2) is 8.98. The van der Waals surface area contributed by atoms with Crippen LogP contribution in [-0.2, 0) is 9.59 Å². The summed E-state index contributed by atoms with van der Waals surface area (Å²) in [6.07, 6.45) is 5.01. The smallest absolute Gasteiger partial charge is 0.295 e. The Bertz CT molecular complexity index is 1270. The number of aliphatic hydroxyl groups excluding tert-OH is 1. The fourth-order valence-electron chi connectivity index (χ4n) is 5.36. The van der Waals surface area contributed by atoms with Gasteiger partial charge in [0.2, 0.25) is 0 Å². The van der Waals surface area contributed by atoms with Crippen LogP contribution in [0.25, 0.3) is 16.5 Å². The molecule has 0 radical (unpaired) electrons. The van der Waals surface area contributed by atoms with E-state index in [1.165, 1.54) is 0 Å². The van der Waals surface area contributed by atoms with Gasteiger partial charge in [-0.05, 0) is 47.4 Å². The molecular weight excluding hydrogens is 424 g/mol. The van der Waals surface area contributed by atoms with Crippen LogP contribution in [0.1, 0.15) is 49.3 Å². The molecule has 1 aliphatic heterocycles. The fraction of sp³-hybridized carbons (Fsp3) is 0.310. The van der Waals surface area contributed by atoms with E-state index in [-0.39, 0.29) is 17.4 Å². The average Bonchev–Trinajstić information content (AvgIpc) is 3.14. The molecule has 5 nitrogen and oxygen atoms in total. The van der Waals surface area contributed by atoms with Gasteiger partial charge < -0.3 is 14.9 Å². The molecule has 34 heavy (non-hydrogen) atoms. The number of likely N-dealkylation sites (tertiary alicyclic amines) is 1. The van der Waals surface area contributed by atoms with E-state index in [2.05, 4.69) is 0 Å². The molecule has 1 amide bonds. The monoisotopic (exact) mass is 454 g/mol. The minimum absolute atomic E-state index is 0.00521. The molecule has 2 aliphatic rings. The van der Waals surface area contributed by atoms with Crippen molar-refractivity contribution >= 4 is 33.9 Å². The Morgan fingerprint density at radius 2 is 1.56 bits per heavy atom. The minimum Gasteiger partial charge on any atom is -0.507 e. The van der Waals surface area contributed by atoms with Crippen LogP contribution in [0.4, 0.5) is 5.69 Å². The zero-order valence-electron chi connectivity index (χ0n) is 19.7. The second-order valence-corrected chi connectivity index (χ2v) is 9.55. The zero-order chi connectivity index (χ0) is 23.8. The van der Waals surface area contributed by atoms with Crippen molar-refractivity contribution < 1.29 is 14.7 Å². The maximum Gasteiger partial charge on any atom is 0.295 e. The van der Waals surface area contributed by atoms with E-state index in [1.807, 2.05) is 85.7 Å². The van der Waals surface area contributed by atoms with Gasteiger partial charge in [-0.25, -0.2) is 0 Å². The van der Waals surface area contributed by atoms with Crippen LogP contribution in [0.15, 0.2) is 72.3 Å². The van der Waals surface area contributed by atoms with Crippen molar-refractivity contribution in [1.82, 2.24) is 4.90 Å². The number of carbonyl (C=O) groups is 2. The minimum atomic E-state index is -0.599. The topological polar surface area (TPSA) is 60.9 Å². The molecule has 3 aromatic rings. The highest BCUT2D eigenvalue weighted by molar-refractivity contribution is 6.46. The summed E-state index contributed by atoms with van der Waals surface area (Å²) in [6, 6.07) is 20.9. The van der Waals surface area contributed by atoms with E-state index in [0.29, 0.717) is 5.56 Å². The number of nitrogens with zero attached hydrogens (tertiary/aromatic N) is 2. The molecule has 1 unspecified atom stereocenters. The van der Waals surface area contributed by atoms with Crippen LogP contribution in [0.3, 0.4) is 0 Å². The summed E-state index contributed by atoms with van der Waals surface area (Å²) in [5.74, 6) is -1.21. The SMILES string of the molecule is CN(C)c1ccc(C2/C(=C(/O)c3ccc4ccccc4c3)C(=O)C(=O)N2C2CCCCC2)cc1. The lowest BCUT2D eigenvalue weighted by Gasteiger charge is -2.35. The van der Waals surface area contributed by atoms with Crippen LogP contribution < -0.4 is 4.90 Å². The molecule has 1 N–H and O–H groups in total. The second-order valence-electron chi connectivity index (χ2n) is 9.55. The highest BCUT2D eigenvalue weighted by atomic mass is 16.3. The maximum atomic E-state index is 13.4. The zero-order valence-corrected chi connectivity index (χ0v) is 19.7. The van der Waals surface area contributed by atoms with Gasteiger partial charge >= 0.3 is 0 Å². The van der Waals surface area contributed by atoms with Gasteiger partial charge in [0.25, 0.3) is 11.7 Å². The van der Waals surface area contributed by atoms with Crippen molar-refractivity contribution in [3.63, 3.8) is 0 Å². The van der Waals surface area contributed by atoms with Crippen LogP contribution in [0.2, 0.25) is 0 Å². The number of fused-ring (bicyclic) bond motifs is 1. The van der Waals surface area contributed by atoms with Gasteiger partial charge in [-0.1, -0.05) is 67.8 Å². The number of hydrogen-bond donors (Lipinski definition) is 1. The van der Waals surface area contributed by atoms with E-state index in [1.54, 1.807) is 4.90 Å². The molecule has 174 valence electrons. The Labute approximate surface area is 200 Å². The van der Waals surface area contributed by atoms with Gasteiger partial charge in [0, 0.05) is 31.4 Å². The van der Waals surface area contributed by atoms with Gasteiger partial charge in [-0.2, -0.15) is 0 Å². The Kier molecular flexibility index (Phi) is 5.86. The Morgan fingerprint density at radius 1 is 0.882 bits per heavy atom. The molecule has 1 saturated heterocycles. The molecule has 3 aromatic carbocycles. The van der Waals surface area contributed by atoms with Gasteiger partial charge in [0.15, 0.2) is 0 Å². The third-order valence-corrected chi connectivity index (χ3v) is 7.20.